The Kier molecular flexibility index (Phi) is 8.88. The minimum atomic E-state index is -4.33. The van der Waals surface area contributed by atoms with Gasteiger partial charge in [0, 0.05) is 32.7 Å². The van der Waals surface area contributed by atoms with Crippen molar-refractivity contribution in [3.63, 3.8) is 0 Å². The van der Waals surface area contributed by atoms with E-state index in [1.54, 1.807) is 13.2 Å². The van der Waals surface area contributed by atoms with Gasteiger partial charge in [-0.15, -0.1) is 12.4 Å². The van der Waals surface area contributed by atoms with Gasteiger partial charge < -0.3 is 10.6 Å². The van der Waals surface area contributed by atoms with Gasteiger partial charge in [-0.1, -0.05) is 0 Å². The van der Waals surface area contributed by atoms with Crippen molar-refractivity contribution < 1.29 is 18.0 Å². The van der Waals surface area contributed by atoms with E-state index >= 15 is 0 Å². The third kappa shape index (κ3) is 6.07. The molecule has 2 atom stereocenters. The van der Waals surface area contributed by atoms with Crippen molar-refractivity contribution in [2.24, 2.45) is 0 Å². The number of thioether (sulfide) groups is 1. The molecule has 0 aromatic carbocycles. The smallest absolute Gasteiger partial charge is 0.353 e. The van der Waals surface area contributed by atoms with Crippen molar-refractivity contribution >= 4 is 30.1 Å². The molecule has 1 fully saturated rings. The van der Waals surface area contributed by atoms with Gasteiger partial charge >= 0.3 is 6.18 Å². The number of carbonyl (C=O) groups is 1. The van der Waals surface area contributed by atoms with Gasteiger partial charge in [-0.2, -0.15) is 24.9 Å². The Bertz CT molecular complexity index is 301. The van der Waals surface area contributed by atoms with Crippen LogP contribution >= 0.6 is 24.2 Å². The maximum absolute atomic E-state index is 13.0. The van der Waals surface area contributed by atoms with Crippen LogP contribution in [0, 0.1) is 0 Å². The summed E-state index contributed by atoms with van der Waals surface area (Å²) < 4.78 is 39.1. The predicted octanol–water partition coefficient (Wildman–Crippen LogP) is 1.11. The van der Waals surface area contributed by atoms with Gasteiger partial charge in [-0.05, 0) is 13.2 Å². The number of alkyl halides is 3. The first-order chi connectivity index (χ1) is 8.86. The van der Waals surface area contributed by atoms with E-state index in [0.717, 1.165) is 0 Å². The lowest BCUT2D eigenvalue weighted by Crippen LogP contribution is -2.57. The predicted molar refractivity (Wildman–Crippen MR) is 77.5 cm³/mol. The third-order valence-electron chi connectivity index (χ3n) is 3.16. The quantitative estimate of drug-likeness (QED) is 0.790. The fourth-order valence-electron chi connectivity index (χ4n) is 1.89. The highest BCUT2D eigenvalue weighted by Crippen LogP contribution is 2.24. The topological polar surface area (TPSA) is 44.4 Å². The highest BCUT2D eigenvalue weighted by molar-refractivity contribution is 7.99. The molecule has 120 valence electrons. The van der Waals surface area contributed by atoms with Crippen LogP contribution in [0.15, 0.2) is 0 Å². The fraction of sp³-hybridized carbons (Fsp3) is 0.909. The Morgan fingerprint density at radius 2 is 1.95 bits per heavy atom. The molecule has 20 heavy (non-hydrogen) atoms. The minimum Gasteiger partial charge on any atom is -0.353 e. The van der Waals surface area contributed by atoms with Crippen LogP contribution in [0.4, 0.5) is 13.2 Å². The molecule has 0 aliphatic carbocycles. The molecule has 1 amide bonds. The molecule has 0 bridgehead atoms. The standard InChI is InChI=1S/C11H20F3N3OS.ClH/c1-8(19-2)10(18)16-7-9(11(12,13)14)17-5-3-15-4-6-17;/h8-9,15H,3-7H2,1-2H3,(H,16,18);1H. The molecule has 0 spiro atoms. The highest BCUT2D eigenvalue weighted by Gasteiger charge is 2.43. The number of carbonyl (C=O) groups excluding carboxylic acids is 1. The number of nitrogens with zero attached hydrogens (tertiary/aromatic N) is 1. The Hall–Kier alpha value is -0.180. The lowest BCUT2D eigenvalue weighted by molar-refractivity contribution is -0.184. The summed E-state index contributed by atoms with van der Waals surface area (Å²) in [5.41, 5.74) is 0. The molecular formula is C11H21ClF3N3OS. The molecule has 2 unspecified atom stereocenters. The van der Waals surface area contributed by atoms with Crippen LogP contribution in [-0.2, 0) is 4.79 Å². The lowest BCUT2D eigenvalue weighted by Gasteiger charge is -2.36. The van der Waals surface area contributed by atoms with E-state index in [0.29, 0.717) is 26.2 Å². The van der Waals surface area contributed by atoms with E-state index in [4.69, 9.17) is 0 Å². The average Bonchev–Trinajstić information content (AvgIpc) is 2.37. The lowest BCUT2D eigenvalue weighted by atomic mass is 10.2. The normalized spacial score (nSPS) is 19.9. The van der Waals surface area contributed by atoms with Crippen LogP contribution in [0.1, 0.15) is 6.92 Å². The maximum atomic E-state index is 13.0. The van der Waals surface area contributed by atoms with E-state index in [1.165, 1.54) is 16.7 Å². The molecule has 1 rings (SSSR count). The summed E-state index contributed by atoms with van der Waals surface area (Å²) in [5.74, 6) is -0.350. The second-order valence-corrected chi connectivity index (χ2v) is 5.64. The minimum absolute atomic E-state index is 0. The van der Waals surface area contributed by atoms with Crippen LogP contribution in [0.3, 0.4) is 0 Å². The van der Waals surface area contributed by atoms with Crippen molar-refractivity contribution in [1.29, 1.82) is 0 Å². The number of hydrogen-bond acceptors (Lipinski definition) is 4. The molecule has 1 aliphatic heterocycles. The molecule has 9 heteroatoms. The number of nitrogens with one attached hydrogen (secondary N) is 2. The molecule has 1 saturated heterocycles. The van der Waals surface area contributed by atoms with Crippen molar-refractivity contribution in [2.45, 2.75) is 24.4 Å². The Labute approximate surface area is 127 Å². The fourth-order valence-corrected chi connectivity index (χ4v) is 2.19. The zero-order valence-electron chi connectivity index (χ0n) is 11.5. The number of rotatable bonds is 5. The van der Waals surface area contributed by atoms with Gasteiger partial charge in [0.25, 0.3) is 0 Å². The molecule has 1 heterocycles. The molecule has 0 aromatic rings. The van der Waals surface area contributed by atoms with Gasteiger partial charge in [0.15, 0.2) is 0 Å². The van der Waals surface area contributed by atoms with Crippen LogP contribution in [0.2, 0.25) is 0 Å². The molecule has 0 saturated carbocycles. The van der Waals surface area contributed by atoms with Crippen LogP contribution in [0.25, 0.3) is 0 Å². The molecule has 0 radical (unpaired) electrons. The van der Waals surface area contributed by atoms with Crippen molar-refractivity contribution in [3.05, 3.63) is 0 Å². The molecule has 0 aromatic heterocycles. The summed E-state index contributed by atoms with van der Waals surface area (Å²) in [5, 5.41) is 5.07. The van der Waals surface area contributed by atoms with Crippen LogP contribution in [0.5, 0.6) is 0 Å². The highest BCUT2D eigenvalue weighted by atomic mass is 35.5. The first kappa shape index (κ1) is 19.8. The van der Waals surface area contributed by atoms with E-state index in [1.807, 2.05) is 0 Å². The van der Waals surface area contributed by atoms with E-state index in [-0.39, 0.29) is 30.1 Å². The number of piperazine rings is 1. The van der Waals surface area contributed by atoms with E-state index in [2.05, 4.69) is 10.6 Å². The molecular weight excluding hydrogens is 315 g/mol. The largest absolute Gasteiger partial charge is 0.405 e. The zero-order chi connectivity index (χ0) is 14.5. The van der Waals surface area contributed by atoms with E-state index < -0.39 is 12.2 Å². The Morgan fingerprint density at radius 1 is 1.40 bits per heavy atom. The Balaban J connectivity index is 0.00000361. The summed E-state index contributed by atoms with van der Waals surface area (Å²) in [6.07, 6.45) is -2.57. The summed E-state index contributed by atoms with van der Waals surface area (Å²) in [6, 6.07) is -1.60. The number of hydrogen-bond donors (Lipinski definition) is 2. The first-order valence-corrected chi connectivity index (χ1v) is 7.47. The van der Waals surface area contributed by atoms with Crippen LogP contribution < -0.4 is 10.6 Å². The zero-order valence-corrected chi connectivity index (χ0v) is 13.1. The molecule has 1 aliphatic rings. The molecule has 4 nitrogen and oxygen atoms in total. The monoisotopic (exact) mass is 335 g/mol. The van der Waals surface area contributed by atoms with Crippen LogP contribution in [-0.4, -0.2) is 67.3 Å². The Morgan fingerprint density at radius 3 is 2.40 bits per heavy atom. The summed E-state index contributed by atoms with van der Waals surface area (Å²) in [7, 11) is 0. The van der Waals surface area contributed by atoms with Gasteiger partial charge in [-0.3, -0.25) is 9.69 Å². The van der Waals surface area contributed by atoms with Crippen molar-refractivity contribution in [1.82, 2.24) is 15.5 Å². The van der Waals surface area contributed by atoms with Gasteiger partial charge in [-0.25, -0.2) is 0 Å². The number of halogens is 4. The average molecular weight is 336 g/mol. The van der Waals surface area contributed by atoms with Crippen molar-refractivity contribution in [3.8, 4) is 0 Å². The summed E-state index contributed by atoms with van der Waals surface area (Å²) >= 11 is 1.31. The summed E-state index contributed by atoms with van der Waals surface area (Å²) in [6.45, 7) is 3.07. The van der Waals surface area contributed by atoms with Gasteiger partial charge in [0.1, 0.15) is 6.04 Å². The SMILES string of the molecule is CSC(C)C(=O)NCC(N1CCNCC1)C(F)(F)F.Cl. The van der Waals surface area contributed by atoms with Crippen molar-refractivity contribution in [2.75, 3.05) is 39.0 Å². The number of amides is 1. The first-order valence-electron chi connectivity index (χ1n) is 6.18. The van der Waals surface area contributed by atoms with Gasteiger partial charge in [0.05, 0.1) is 5.25 Å². The third-order valence-corrected chi connectivity index (χ3v) is 4.08. The molecule has 2 N–H and O–H groups in total. The summed E-state index contributed by atoms with van der Waals surface area (Å²) in [4.78, 5) is 12.9. The second-order valence-electron chi connectivity index (χ2n) is 4.47. The van der Waals surface area contributed by atoms with Gasteiger partial charge in [0.2, 0.25) is 5.91 Å². The maximum Gasteiger partial charge on any atom is 0.405 e. The van der Waals surface area contributed by atoms with E-state index in [9.17, 15) is 18.0 Å². The second kappa shape index (κ2) is 8.96.